The number of fused-ring (bicyclic) bond motifs is 1. The second kappa shape index (κ2) is 7.04. The minimum absolute atomic E-state index is 0.0923. The lowest BCUT2D eigenvalue weighted by Crippen LogP contribution is -2.42. The summed E-state index contributed by atoms with van der Waals surface area (Å²) in [6.45, 7) is 2.92. The molecule has 0 radical (unpaired) electrons. The van der Waals surface area contributed by atoms with E-state index in [9.17, 15) is 19.2 Å². The van der Waals surface area contributed by atoms with Gasteiger partial charge in [0.1, 0.15) is 0 Å². The monoisotopic (exact) mass is 344 g/mol. The van der Waals surface area contributed by atoms with Crippen molar-refractivity contribution in [2.75, 3.05) is 13.1 Å². The van der Waals surface area contributed by atoms with Crippen molar-refractivity contribution in [1.29, 1.82) is 0 Å². The number of carbonyl (C=O) groups excluding carboxylic acids is 4. The lowest BCUT2D eigenvalue weighted by atomic mass is 9.97. The van der Waals surface area contributed by atoms with E-state index >= 15 is 0 Å². The van der Waals surface area contributed by atoms with Gasteiger partial charge < -0.3 is 9.74 Å². The van der Waals surface area contributed by atoms with Crippen molar-refractivity contribution in [2.24, 2.45) is 5.92 Å². The molecule has 132 valence electrons. The summed E-state index contributed by atoms with van der Waals surface area (Å²) in [6, 6.07) is 6.36. The van der Waals surface area contributed by atoms with Crippen LogP contribution in [0.1, 0.15) is 53.3 Å². The van der Waals surface area contributed by atoms with Crippen molar-refractivity contribution in [1.82, 2.24) is 9.96 Å². The third kappa shape index (κ3) is 3.26. The van der Waals surface area contributed by atoms with Crippen molar-refractivity contribution in [2.45, 2.75) is 32.6 Å². The Balaban J connectivity index is 1.58. The highest BCUT2D eigenvalue weighted by molar-refractivity contribution is 6.20. The summed E-state index contributed by atoms with van der Waals surface area (Å²) >= 11 is 0. The summed E-state index contributed by atoms with van der Waals surface area (Å²) in [4.78, 5) is 55.5. The minimum Gasteiger partial charge on any atom is -0.343 e. The molecule has 0 atom stereocenters. The van der Waals surface area contributed by atoms with Crippen molar-refractivity contribution >= 4 is 23.7 Å². The predicted molar refractivity (Wildman–Crippen MR) is 87.2 cm³/mol. The molecular weight excluding hydrogens is 324 g/mol. The Labute approximate surface area is 145 Å². The number of hydrogen-bond donors (Lipinski definition) is 0. The number of piperidine rings is 1. The maximum absolute atomic E-state index is 12.3. The third-order valence-electron chi connectivity index (χ3n) is 4.58. The minimum atomic E-state index is -0.621. The molecule has 2 aliphatic rings. The summed E-state index contributed by atoms with van der Waals surface area (Å²) in [6.07, 6.45) is 2.24. The van der Waals surface area contributed by atoms with E-state index in [1.54, 1.807) is 17.0 Å². The average Bonchev–Trinajstić information content (AvgIpc) is 2.87. The number of likely N-dealkylation sites (tertiary alicyclic amines) is 1. The lowest BCUT2D eigenvalue weighted by Gasteiger charge is -2.31. The predicted octanol–water partition coefficient (Wildman–Crippen LogP) is 1.78. The summed E-state index contributed by atoms with van der Waals surface area (Å²) in [7, 11) is 0. The van der Waals surface area contributed by atoms with Crippen molar-refractivity contribution in [3.8, 4) is 0 Å². The molecule has 25 heavy (non-hydrogen) atoms. The molecule has 0 aliphatic carbocycles. The second-order valence-corrected chi connectivity index (χ2v) is 6.27. The Morgan fingerprint density at radius 2 is 1.64 bits per heavy atom. The fraction of sp³-hybridized carbons (Fsp3) is 0.444. The van der Waals surface area contributed by atoms with Crippen LogP contribution >= 0.6 is 0 Å². The normalized spacial score (nSPS) is 17.6. The number of carbonyl (C=O) groups is 4. The first-order chi connectivity index (χ1) is 12.0. The highest BCUT2D eigenvalue weighted by atomic mass is 16.7. The molecule has 2 heterocycles. The van der Waals surface area contributed by atoms with Gasteiger partial charge in [-0.05, 0) is 31.4 Å². The highest BCUT2D eigenvalue weighted by Crippen LogP contribution is 2.25. The van der Waals surface area contributed by atoms with Gasteiger partial charge in [0.25, 0.3) is 11.8 Å². The molecule has 0 saturated carbocycles. The van der Waals surface area contributed by atoms with Gasteiger partial charge in [0.2, 0.25) is 5.91 Å². The fourth-order valence-corrected chi connectivity index (χ4v) is 3.15. The van der Waals surface area contributed by atoms with Gasteiger partial charge in [-0.25, -0.2) is 4.79 Å². The highest BCUT2D eigenvalue weighted by Gasteiger charge is 2.40. The number of amides is 3. The van der Waals surface area contributed by atoms with Crippen molar-refractivity contribution in [3.05, 3.63) is 35.4 Å². The molecule has 0 bridgehead atoms. The van der Waals surface area contributed by atoms with Crippen LogP contribution in [0.2, 0.25) is 0 Å². The Hall–Kier alpha value is -2.70. The average molecular weight is 344 g/mol. The van der Waals surface area contributed by atoms with E-state index in [2.05, 4.69) is 0 Å². The summed E-state index contributed by atoms with van der Waals surface area (Å²) in [5.41, 5.74) is 0.473. The molecule has 1 aromatic rings. The van der Waals surface area contributed by atoms with Gasteiger partial charge in [0.05, 0.1) is 17.0 Å². The van der Waals surface area contributed by atoms with Crippen molar-refractivity contribution in [3.63, 3.8) is 0 Å². The molecule has 0 aromatic heterocycles. The summed E-state index contributed by atoms with van der Waals surface area (Å²) in [5, 5.41) is 0.543. The Morgan fingerprint density at radius 3 is 2.16 bits per heavy atom. The van der Waals surface area contributed by atoms with Gasteiger partial charge in [-0.1, -0.05) is 24.1 Å². The molecule has 7 heteroatoms. The van der Waals surface area contributed by atoms with Crippen LogP contribution in [0.4, 0.5) is 0 Å². The second-order valence-electron chi connectivity index (χ2n) is 6.27. The van der Waals surface area contributed by atoms with Gasteiger partial charge in [0, 0.05) is 19.5 Å². The van der Waals surface area contributed by atoms with Crippen LogP contribution in [-0.2, 0) is 14.4 Å². The van der Waals surface area contributed by atoms with E-state index in [1.165, 1.54) is 12.1 Å². The molecular formula is C18H20N2O5. The van der Waals surface area contributed by atoms with Gasteiger partial charge in [-0.2, -0.15) is 0 Å². The van der Waals surface area contributed by atoms with Crippen LogP contribution in [0.15, 0.2) is 24.3 Å². The molecule has 7 nitrogen and oxygen atoms in total. The zero-order valence-electron chi connectivity index (χ0n) is 14.1. The molecule has 0 spiro atoms. The number of hydrogen-bond acceptors (Lipinski definition) is 5. The standard InChI is InChI=1S/C18H20N2O5/c1-2-5-15(21)19-10-8-12(9-11-19)18(24)25-20-16(22)13-6-3-4-7-14(13)17(20)23/h3-4,6-7,12H,2,5,8-11H2,1H3. The lowest BCUT2D eigenvalue weighted by molar-refractivity contribution is -0.175. The molecule has 1 saturated heterocycles. The Kier molecular flexibility index (Phi) is 4.83. The van der Waals surface area contributed by atoms with E-state index in [1.807, 2.05) is 6.92 Å². The molecule has 1 fully saturated rings. The van der Waals surface area contributed by atoms with Crippen LogP contribution < -0.4 is 0 Å². The SMILES string of the molecule is CCCC(=O)N1CCC(C(=O)ON2C(=O)c3ccccc3C2=O)CC1. The van der Waals surface area contributed by atoms with E-state index in [0.29, 0.717) is 37.4 Å². The number of benzene rings is 1. The van der Waals surface area contributed by atoms with Gasteiger partial charge in [0.15, 0.2) is 0 Å². The number of imide groups is 1. The Bertz CT molecular complexity index is 687. The van der Waals surface area contributed by atoms with E-state index < -0.39 is 23.7 Å². The van der Waals surface area contributed by atoms with E-state index in [-0.39, 0.29) is 17.0 Å². The van der Waals surface area contributed by atoms with Crippen LogP contribution in [-0.4, -0.2) is 46.7 Å². The number of rotatable bonds is 4. The third-order valence-corrected chi connectivity index (χ3v) is 4.58. The van der Waals surface area contributed by atoms with Crippen LogP contribution in [0, 0.1) is 5.92 Å². The number of nitrogens with zero attached hydrogens (tertiary/aromatic N) is 2. The largest absolute Gasteiger partial charge is 0.343 e. The molecule has 2 aliphatic heterocycles. The topological polar surface area (TPSA) is 84.0 Å². The first kappa shape index (κ1) is 17.1. The first-order valence-electron chi connectivity index (χ1n) is 8.50. The van der Waals surface area contributed by atoms with Crippen LogP contribution in [0.3, 0.4) is 0 Å². The molecule has 3 amide bonds. The maximum atomic E-state index is 12.3. The van der Waals surface area contributed by atoms with Crippen LogP contribution in [0.5, 0.6) is 0 Å². The van der Waals surface area contributed by atoms with Gasteiger partial charge in [-0.15, -0.1) is 0 Å². The van der Waals surface area contributed by atoms with Gasteiger partial charge in [-0.3, -0.25) is 14.4 Å². The fourth-order valence-electron chi connectivity index (χ4n) is 3.15. The van der Waals surface area contributed by atoms with Gasteiger partial charge >= 0.3 is 5.97 Å². The zero-order valence-corrected chi connectivity index (χ0v) is 14.1. The maximum Gasteiger partial charge on any atom is 0.336 e. The number of hydroxylamine groups is 2. The smallest absolute Gasteiger partial charge is 0.336 e. The quantitative estimate of drug-likeness (QED) is 0.778. The van der Waals surface area contributed by atoms with Crippen LogP contribution in [0.25, 0.3) is 0 Å². The summed E-state index contributed by atoms with van der Waals surface area (Å²) < 4.78 is 0. The molecule has 0 N–H and O–H groups in total. The Morgan fingerprint density at radius 1 is 1.08 bits per heavy atom. The molecule has 3 rings (SSSR count). The van der Waals surface area contributed by atoms with E-state index in [0.717, 1.165) is 6.42 Å². The molecule has 0 unspecified atom stereocenters. The van der Waals surface area contributed by atoms with E-state index in [4.69, 9.17) is 4.84 Å². The van der Waals surface area contributed by atoms with Crippen molar-refractivity contribution < 1.29 is 24.0 Å². The zero-order chi connectivity index (χ0) is 18.0. The summed E-state index contributed by atoms with van der Waals surface area (Å²) in [5.74, 6) is -2.17. The molecule has 1 aromatic carbocycles. The first-order valence-corrected chi connectivity index (χ1v) is 8.50.